The van der Waals surface area contributed by atoms with Gasteiger partial charge in [0, 0.05) is 5.92 Å². The molecule has 0 aromatic carbocycles. The molecular weight excluding hydrogens is 277 g/mol. The monoisotopic (exact) mass is 292 g/mol. The van der Waals surface area contributed by atoms with Crippen molar-refractivity contribution in [1.29, 1.82) is 0 Å². The minimum Gasteiger partial charge on any atom is -0.343 e. The summed E-state index contributed by atoms with van der Waals surface area (Å²) >= 11 is 0. The Morgan fingerprint density at radius 2 is 2.10 bits per heavy atom. The van der Waals surface area contributed by atoms with Crippen LogP contribution >= 0.6 is 0 Å². The predicted molar refractivity (Wildman–Crippen MR) is 63.0 cm³/mol. The number of piperidine rings is 1. The van der Waals surface area contributed by atoms with E-state index in [0.717, 1.165) is 0 Å². The van der Waals surface area contributed by atoms with Crippen LogP contribution in [0, 0.1) is 0 Å². The lowest BCUT2D eigenvalue weighted by atomic mass is 10.00. The Bertz CT molecular complexity index is 486. The minimum absolute atomic E-state index is 0.0410. The lowest BCUT2D eigenvalue weighted by Crippen LogP contribution is -2.55. The number of anilines is 1. The normalized spacial score (nSPS) is 23.8. The zero-order valence-electron chi connectivity index (χ0n) is 11.0. The molecule has 20 heavy (non-hydrogen) atoms. The van der Waals surface area contributed by atoms with Crippen molar-refractivity contribution in [3.8, 4) is 0 Å². The Labute approximate surface area is 113 Å². The van der Waals surface area contributed by atoms with Crippen molar-refractivity contribution in [2.45, 2.75) is 50.9 Å². The van der Waals surface area contributed by atoms with Crippen molar-refractivity contribution in [2.24, 2.45) is 0 Å². The average molecular weight is 292 g/mol. The highest BCUT2D eigenvalue weighted by Gasteiger charge is 2.44. The van der Waals surface area contributed by atoms with Crippen LogP contribution in [0.15, 0.2) is 4.52 Å². The highest BCUT2D eigenvalue weighted by molar-refractivity contribution is 5.85. The molecule has 1 fully saturated rings. The van der Waals surface area contributed by atoms with Gasteiger partial charge in [0.05, 0.1) is 0 Å². The number of alkyl halides is 3. The molecule has 6 nitrogen and oxygen atoms in total. The largest absolute Gasteiger partial charge is 0.408 e. The van der Waals surface area contributed by atoms with Crippen LogP contribution in [-0.4, -0.2) is 34.3 Å². The SMILES string of the molecule is CC(C)c1noc(N[C@@H]2CC[C@H](C(F)(F)F)NC2=O)n1. The third-order valence-electron chi connectivity index (χ3n) is 3.03. The molecule has 1 aromatic rings. The average Bonchev–Trinajstić information content (AvgIpc) is 2.79. The first-order valence-electron chi connectivity index (χ1n) is 6.24. The Kier molecular flexibility index (Phi) is 3.87. The third-order valence-corrected chi connectivity index (χ3v) is 3.03. The van der Waals surface area contributed by atoms with Crippen molar-refractivity contribution in [3.05, 3.63) is 5.82 Å². The second-order valence-electron chi connectivity index (χ2n) is 4.99. The van der Waals surface area contributed by atoms with Gasteiger partial charge in [-0.2, -0.15) is 18.2 Å². The van der Waals surface area contributed by atoms with Crippen LogP contribution in [0.5, 0.6) is 0 Å². The third kappa shape index (κ3) is 3.20. The Balaban J connectivity index is 1.96. The molecule has 0 radical (unpaired) electrons. The van der Waals surface area contributed by atoms with E-state index < -0.39 is 24.2 Å². The molecule has 2 atom stereocenters. The molecule has 1 aromatic heterocycles. The van der Waals surface area contributed by atoms with E-state index in [0.29, 0.717) is 5.82 Å². The molecule has 0 spiro atoms. The number of nitrogens with one attached hydrogen (secondary N) is 2. The Morgan fingerprint density at radius 3 is 2.60 bits per heavy atom. The van der Waals surface area contributed by atoms with Gasteiger partial charge in [-0.1, -0.05) is 19.0 Å². The van der Waals surface area contributed by atoms with Gasteiger partial charge in [0.1, 0.15) is 12.1 Å². The second-order valence-corrected chi connectivity index (χ2v) is 4.99. The molecule has 9 heteroatoms. The number of nitrogens with zero attached hydrogens (tertiary/aromatic N) is 2. The van der Waals surface area contributed by atoms with Crippen LogP contribution < -0.4 is 10.6 Å². The minimum atomic E-state index is -4.42. The van der Waals surface area contributed by atoms with Crippen molar-refractivity contribution in [3.63, 3.8) is 0 Å². The summed E-state index contributed by atoms with van der Waals surface area (Å²) in [6.45, 7) is 3.74. The Morgan fingerprint density at radius 1 is 1.40 bits per heavy atom. The van der Waals surface area contributed by atoms with E-state index in [1.165, 1.54) is 0 Å². The molecule has 1 amide bonds. The fourth-order valence-electron chi connectivity index (χ4n) is 1.87. The van der Waals surface area contributed by atoms with Crippen LogP contribution in [0.25, 0.3) is 0 Å². The highest BCUT2D eigenvalue weighted by Crippen LogP contribution is 2.27. The summed E-state index contributed by atoms with van der Waals surface area (Å²) in [6, 6.07) is -2.55. The molecule has 112 valence electrons. The van der Waals surface area contributed by atoms with E-state index in [9.17, 15) is 18.0 Å². The number of rotatable bonds is 3. The number of halogens is 3. The van der Waals surface area contributed by atoms with Crippen LogP contribution in [0.1, 0.15) is 38.4 Å². The molecule has 2 heterocycles. The molecule has 2 N–H and O–H groups in total. The van der Waals surface area contributed by atoms with Gasteiger partial charge in [0.15, 0.2) is 5.82 Å². The van der Waals surface area contributed by atoms with Crippen molar-refractivity contribution < 1.29 is 22.5 Å². The molecule has 0 aliphatic carbocycles. The maximum absolute atomic E-state index is 12.5. The second kappa shape index (κ2) is 5.29. The summed E-state index contributed by atoms with van der Waals surface area (Å²) in [5.74, 6) is -0.191. The van der Waals surface area contributed by atoms with E-state index in [1.54, 1.807) is 0 Å². The summed E-state index contributed by atoms with van der Waals surface area (Å²) < 4.78 is 42.4. The van der Waals surface area contributed by atoms with Gasteiger partial charge < -0.3 is 15.2 Å². The highest BCUT2D eigenvalue weighted by atomic mass is 19.4. The fourth-order valence-corrected chi connectivity index (χ4v) is 1.87. The first-order chi connectivity index (χ1) is 9.27. The number of carbonyl (C=O) groups excluding carboxylic acids is 1. The topological polar surface area (TPSA) is 80.0 Å². The van der Waals surface area contributed by atoms with E-state index in [-0.39, 0.29) is 24.8 Å². The molecule has 1 saturated heterocycles. The summed E-state index contributed by atoms with van der Waals surface area (Å²) in [5, 5.41) is 8.30. The zero-order valence-corrected chi connectivity index (χ0v) is 11.0. The van der Waals surface area contributed by atoms with Crippen LogP contribution in [-0.2, 0) is 4.79 Å². The van der Waals surface area contributed by atoms with Gasteiger partial charge in [-0.3, -0.25) is 4.79 Å². The smallest absolute Gasteiger partial charge is 0.343 e. The molecule has 2 rings (SSSR count). The van der Waals surface area contributed by atoms with E-state index >= 15 is 0 Å². The summed E-state index contributed by atoms with van der Waals surface area (Å²) in [5.41, 5.74) is 0. The molecule has 1 aliphatic rings. The quantitative estimate of drug-likeness (QED) is 0.888. The number of hydrogen-bond acceptors (Lipinski definition) is 5. The molecule has 1 aliphatic heterocycles. The maximum Gasteiger partial charge on any atom is 0.408 e. The first-order valence-corrected chi connectivity index (χ1v) is 6.24. The molecule has 0 saturated carbocycles. The fraction of sp³-hybridized carbons (Fsp3) is 0.727. The van der Waals surface area contributed by atoms with Crippen LogP contribution in [0.3, 0.4) is 0 Å². The zero-order chi connectivity index (χ0) is 14.9. The van der Waals surface area contributed by atoms with Gasteiger partial charge >= 0.3 is 12.2 Å². The Hall–Kier alpha value is -1.80. The molecule has 0 unspecified atom stereocenters. The standard InChI is InChI=1S/C11H15F3N4O2/c1-5(2)8-17-10(20-18-8)15-6-3-4-7(11(12,13)14)16-9(6)19/h5-7H,3-4H2,1-2H3,(H,16,19)(H,15,17,18)/t6-,7-/m1/s1. The van der Waals surface area contributed by atoms with E-state index in [2.05, 4.69) is 15.5 Å². The molecule has 0 bridgehead atoms. The lowest BCUT2D eigenvalue weighted by molar-refractivity contribution is -0.167. The predicted octanol–water partition coefficient (Wildman–Crippen LogP) is 1.81. The van der Waals surface area contributed by atoms with Crippen molar-refractivity contribution in [2.75, 3.05) is 5.32 Å². The molecular formula is C11H15F3N4O2. The van der Waals surface area contributed by atoms with Gasteiger partial charge in [-0.15, -0.1) is 0 Å². The van der Waals surface area contributed by atoms with Crippen LogP contribution in [0.2, 0.25) is 0 Å². The van der Waals surface area contributed by atoms with Crippen molar-refractivity contribution in [1.82, 2.24) is 15.5 Å². The van der Waals surface area contributed by atoms with Gasteiger partial charge in [0.2, 0.25) is 5.91 Å². The lowest BCUT2D eigenvalue weighted by Gasteiger charge is -2.30. The summed E-state index contributed by atoms with van der Waals surface area (Å²) in [6.07, 6.45) is -4.55. The summed E-state index contributed by atoms with van der Waals surface area (Å²) in [7, 11) is 0. The van der Waals surface area contributed by atoms with Crippen molar-refractivity contribution >= 4 is 11.9 Å². The number of amides is 1. The first kappa shape index (κ1) is 14.6. The van der Waals surface area contributed by atoms with E-state index in [1.807, 2.05) is 19.2 Å². The summed E-state index contributed by atoms with van der Waals surface area (Å²) in [4.78, 5) is 15.6. The maximum atomic E-state index is 12.5. The van der Waals surface area contributed by atoms with E-state index in [4.69, 9.17) is 4.52 Å². The number of aromatic nitrogens is 2. The number of carbonyl (C=O) groups is 1. The van der Waals surface area contributed by atoms with Crippen LogP contribution in [0.4, 0.5) is 19.2 Å². The number of hydrogen-bond donors (Lipinski definition) is 2. The van der Waals surface area contributed by atoms with Gasteiger partial charge in [0.25, 0.3) is 0 Å². The van der Waals surface area contributed by atoms with Gasteiger partial charge in [-0.05, 0) is 12.8 Å². The van der Waals surface area contributed by atoms with Gasteiger partial charge in [-0.25, -0.2) is 0 Å².